The number of fused-ring (bicyclic) bond motifs is 1. The summed E-state index contributed by atoms with van der Waals surface area (Å²) in [6.45, 7) is -0.0675. The lowest BCUT2D eigenvalue weighted by molar-refractivity contribution is -0.120. The van der Waals surface area contributed by atoms with E-state index in [4.69, 9.17) is 4.74 Å². The van der Waals surface area contributed by atoms with Crippen molar-refractivity contribution in [1.29, 1.82) is 0 Å². The first-order valence-corrected chi connectivity index (χ1v) is 8.25. The Hall–Kier alpha value is -1.92. The minimum absolute atomic E-state index is 0.0675. The van der Waals surface area contributed by atoms with E-state index in [1.54, 1.807) is 0 Å². The Labute approximate surface area is 139 Å². The molecule has 1 heterocycles. The first kappa shape index (κ1) is 15.0. The van der Waals surface area contributed by atoms with E-state index in [0.29, 0.717) is 10.6 Å². The van der Waals surface area contributed by atoms with Crippen molar-refractivity contribution in [1.82, 2.24) is 4.57 Å². The van der Waals surface area contributed by atoms with Crippen molar-refractivity contribution in [3.05, 3.63) is 57.8 Å². The van der Waals surface area contributed by atoms with E-state index in [2.05, 4.69) is 20.9 Å². The fraction of sp³-hybridized carbons (Fsp3) is 0.125. The van der Waals surface area contributed by atoms with Gasteiger partial charge in [0.25, 0.3) is 5.91 Å². The number of aryl methyl sites for hydroxylation is 1. The summed E-state index contributed by atoms with van der Waals surface area (Å²) >= 11 is 4.93. The summed E-state index contributed by atoms with van der Waals surface area (Å²) in [4.78, 5) is 16.8. The van der Waals surface area contributed by atoms with Crippen LogP contribution in [0.25, 0.3) is 10.2 Å². The van der Waals surface area contributed by atoms with Crippen molar-refractivity contribution in [3.8, 4) is 5.75 Å². The minimum atomic E-state index is -0.301. The summed E-state index contributed by atoms with van der Waals surface area (Å²) in [7, 11) is 1.90. The summed E-state index contributed by atoms with van der Waals surface area (Å²) in [5.41, 5.74) is 1.05. The molecule has 1 amide bonds. The second-order valence-electron chi connectivity index (χ2n) is 4.66. The van der Waals surface area contributed by atoms with Crippen LogP contribution in [0.15, 0.2) is 58.0 Å². The molecule has 2 aromatic carbocycles. The van der Waals surface area contributed by atoms with Gasteiger partial charge in [-0.25, -0.2) is 0 Å². The lowest BCUT2D eigenvalue weighted by atomic mass is 10.3. The summed E-state index contributed by atoms with van der Waals surface area (Å²) in [5.74, 6) is 0.362. The first-order valence-electron chi connectivity index (χ1n) is 6.64. The molecule has 3 rings (SSSR count). The van der Waals surface area contributed by atoms with E-state index in [0.717, 1.165) is 14.7 Å². The maximum atomic E-state index is 12.0. The normalized spacial score (nSPS) is 11.8. The molecule has 0 spiro atoms. The third-order valence-corrected chi connectivity index (χ3v) is 4.69. The molecule has 0 unspecified atom stereocenters. The molecule has 0 saturated heterocycles. The molecule has 4 nitrogen and oxygen atoms in total. The number of aromatic nitrogens is 1. The van der Waals surface area contributed by atoms with Crippen molar-refractivity contribution in [2.75, 3.05) is 6.61 Å². The Morgan fingerprint density at radius 1 is 1.27 bits per heavy atom. The number of nitrogens with zero attached hydrogens (tertiary/aromatic N) is 2. The standard InChI is InChI=1S/C16H13BrN2O2S/c1-19-13-8-7-11(17)9-14(13)22-16(19)18-15(20)10-21-12-5-3-2-4-6-12/h2-9H,10H2,1H3. The summed E-state index contributed by atoms with van der Waals surface area (Å²) in [6.07, 6.45) is 0. The van der Waals surface area contributed by atoms with Crippen LogP contribution in [0.3, 0.4) is 0 Å². The number of para-hydroxylation sites is 1. The predicted octanol–water partition coefficient (Wildman–Crippen LogP) is 3.51. The van der Waals surface area contributed by atoms with Crippen LogP contribution in [-0.2, 0) is 11.8 Å². The molecule has 0 aliphatic heterocycles. The highest BCUT2D eigenvalue weighted by atomic mass is 79.9. The van der Waals surface area contributed by atoms with Gasteiger partial charge in [0.2, 0.25) is 0 Å². The SMILES string of the molecule is Cn1c(=NC(=O)COc2ccccc2)sc2cc(Br)ccc21. The molecule has 0 bridgehead atoms. The summed E-state index contributed by atoms with van der Waals surface area (Å²) < 4.78 is 9.41. The van der Waals surface area contributed by atoms with Crippen LogP contribution in [0.5, 0.6) is 5.75 Å². The second-order valence-corrected chi connectivity index (χ2v) is 6.59. The molecule has 0 saturated carbocycles. The van der Waals surface area contributed by atoms with Crippen molar-refractivity contribution < 1.29 is 9.53 Å². The maximum Gasteiger partial charge on any atom is 0.286 e. The van der Waals surface area contributed by atoms with Gasteiger partial charge in [0.15, 0.2) is 11.4 Å². The summed E-state index contributed by atoms with van der Waals surface area (Å²) in [6, 6.07) is 15.2. The summed E-state index contributed by atoms with van der Waals surface area (Å²) in [5, 5.41) is 0. The Balaban J connectivity index is 1.82. The average Bonchev–Trinajstić information content (AvgIpc) is 2.82. The monoisotopic (exact) mass is 376 g/mol. The molecule has 0 fully saturated rings. The third kappa shape index (κ3) is 3.28. The van der Waals surface area contributed by atoms with Crippen molar-refractivity contribution in [3.63, 3.8) is 0 Å². The zero-order valence-electron chi connectivity index (χ0n) is 11.8. The number of carbonyl (C=O) groups is 1. The van der Waals surface area contributed by atoms with E-state index in [9.17, 15) is 4.79 Å². The molecule has 6 heteroatoms. The number of carbonyl (C=O) groups excluding carboxylic acids is 1. The Kier molecular flexibility index (Phi) is 4.40. The van der Waals surface area contributed by atoms with Crippen LogP contribution in [-0.4, -0.2) is 17.1 Å². The number of hydrogen-bond acceptors (Lipinski definition) is 3. The number of thiazole rings is 1. The van der Waals surface area contributed by atoms with E-state index in [-0.39, 0.29) is 12.5 Å². The number of benzene rings is 2. The molecule has 0 atom stereocenters. The average molecular weight is 377 g/mol. The lowest BCUT2D eigenvalue weighted by Crippen LogP contribution is -2.17. The zero-order chi connectivity index (χ0) is 15.5. The lowest BCUT2D eigenvalue weighted by Gasteiger charge is -2.01. The van der Waals surface area contributed by atoms with Gasteiger partial charge < -0.3 is 9.30 Å². The molecule has 22 heavy (non-hydrogen) atoms. The van der Waals surface area contributed by atoms with Crippen LogP contribution in [0.1, 0.15) is 0 Å². The van der Waals surface area contributed by atoms with E-state index < -0.39 is 0 Å². The molecule has 3 aromatic rings. The fourth-order valence-corrected chi connectivity index (χ4v) is 3.60. The molecule has 0 aliphatic carbocycles. The number of amides is 1. The molecular weight excluding hydrogens is 364 g/mol. The van der Waals surface area contributed by atoms with Crippen molar-refractivity contribution in [2.45, 2.75) is 0 Å². The predicted molar refractivity (Wildman–Crippen MR) is 91.0 cm³/mol. The number of ether oxygens (including phenoxy) is 1. The Bertz CT molecular complexity index is 884. The van der Waals surface area contributed by atoms with Gasteiger partial charge in [-0.2, -0.15) is 4.99 Å². The van der Waals surface area contributed by atoms with Gasteiger partial charge in [0, 0.05) is 11.5 Å². The van der Waals surface area contributed by atoms with Crippen LogP contribution >= 0.6 is 27.3 Å². The smallest absolute Gasteiger partial charge is 0.286 e. The zero-order valence-corrected chi connectivity index (χ0v) is 14.2. The third-order valence-electron chi connectivity index (χ3n) is 3.10. The largest absolute Gasteiger partial charge is 0.484 e. The van der Waals surface area contributed by atoms with E-state index in [1.165, 1.54) is 11.3 Å². The Morgan fingerprint density at radius 3 is 2.82 bits per heavy atom. The quantitative estimate of drug-likeness (QED) is 0.701. The molecule has 112 valence electrons. The van der Waals surface area contributed by atoms with Crippen LogP contribution in [0.4, 0.5) is 0 Å². The molecule has 1 aromatic heterocycles. The van der Waals surface area contributed by atoms with Gasteiger partial charge >= 0.3 is 0 Å². The second kappa shape index (κ2) is 6.46. The number of rotatable bonds is 3. The van der Waals surface area contributed by atoms with Crippen molar-refractivity contribution >= 4 is 43.4 Å². The number of halogens is 1. The Morgan fingerprint density at radius 2 is 2.05 bits per heavy atom. The van der Waals surface area contributed by atoms with Gasteiger partial charge in [-0.1, -0.05) is 45.5 Å². The highest BCUT2D eigenvalue weighted by Crippen LogP contribution is 2.21. The van der Waals surface area contributed by atoms with Crippen LogP contribution in [0.2, 0.25) is 0 Å². The first-order chi connectivity index (χ1) is 10.6. The van der Waals surface area contributed by atoms with Crippen molar-refractivity contribution in [2.24, 2.45) is 12.0 Å². The maximum absolute atomic E-state index is 12.0. The van der Waals surface area contributed by atoms with Gasteiger partial charge in [-0.15, -0.1) is 0 Å². The van der Waals surface area contributed by atoms with E-state index in [1.807, 2.05) is 60.1 Å². The fourth-order valence-electron chi connectivity index (χ4n) is 2.02. The van der Waals surface area contributed by atoms with Crippen LogP contribution < -0.4 is 9.54 Å². The van der Waals surface area contributed by atoms with Gasteiger partial charge in [-0.3, -0.25) is 4.79 Å². The molecule has 0 radical (unpaired) electrons. The molecule has 0 N–H and O–H groups in total. The highest BCUT2D eigenvalue weighted by Gasteiger charge is 2.06. The number of hydrogen-bond donors (Lipinski definition) is 0. The molecular formula is C16H13BrN2O2S. The molecule has 0 aliphatic rings. The van der Waals surface area contributed by atoms with Gasteiger partial charge in [0.05, 0.1) is 10.2 Å². The van der Waals surface area contributed by atoms with Crippen LogP contribution in [0, 0.1) is 0 Å². The highest BCUT2D eigenvalue weighted by molar-refractivity contribution is 9.10. The van der Waals surface area contributed by atoms with Gasteiger partial charge in [-0.05, 0) is 30.3 Å². The van der Waals surface area contributed by atoms with E-state index >= 15 is 0 Å². The topological polar surface area (TPSA) is 43.6 Å². The van der Waals surface area contributed by atoms with Gasteiger partial charge in [0.1, 0.15) is 5.75 Å². The minimum Gasteiger partial charge on any atom is -0.484 e.